The van der Waals surface area contributed by atoms with Crippen molar-refractivity contribution >= 4 is 0 Å². The van der Waals surface area contributed by atoms with Crippen LogP contribution in [0, 0.1) is 11.6 Å². The Hall–Kier alpha value is -3.80. The molecule has 0 radical (unpaired) electrons. The highest BCUT2D eigenvalue weighted by Gasteiger charge is 2.54. The summed E-state index contributed by atoms with van der Waals surface area (Å²) in [5.41, 5.74) is -2.67. The van der Waals surface area contributed by atoms with Crippen molar-refractivity contribution in [3.63, 3.8) is 0 Å². The Morgan fingerprint density at radius 2 is 1.81 bits per heavy atom. The summed E-state index contributed by atoms with van der Waals surface area (Å²) in [6, 6.07) is 5.25. The van der Waals surface area contributed by atoms with Gasteiger partial charge in [0, 0.05) is 6.20 Å². The van der Waals surface area contributed by atoms with Gasteiger partial charge in [0.05, 0.1) is 34.3 Å². The van der Waals surface area contributed by atoms with Crippen molar-refractivity contribution in [3.8, 4) is 22.8 Å². The number of fused-ring (bicyclic) bond motifs is 5. The lowest BCUT2D eigenvalue weighted by atomic mass is 9.80. The summed E-state index contributed by atoms with van der Waals surface area (Å²) in [5.74, 6) is -1.63. The molecule has 1 aromatic carbocycles. The number of rotatable bonds is 4. The van der Waals surface area contributed by atoms with E-state index in [4.69, 9.17) is 4.42 Å². The van der Waals surface area contributed by atoms with Gasteiger partial charge in [0.15, 0.2) is 0 Å². The van der Waals surface area contributed by atoms with E-state index in [0.29, 0.717) is 31.2 Å². The molecular formula is C25H18F5N5O2. The van der Waals surface area contributed by atoms with Crippen LogP contribution in [-0.4, -0.2) is 36.4 Å². The van der Waals surface area contributed by atoms with E-state index in [9.17, 15) is 27.1 Å². The van der Waals surface area contributed by atoms with Crippen molar-refractivity contribution in [2.45, 2.75) is 49.3 Å². The molecule has 2 aliphatic carbocycles. The van der Waals surface area contributed by atoms with E-state index in [1.165, 1.54) is 12.3 Å². The van der Waals surface area contributed by atoms with Crippen LogP contribution in [0.15, 0.2) is 47.3 Å². The van der Waals surface area contributed by atoms with Gasteiger partial charge in [-0.2, -0.15) is 18.3 Å². The second-order valence-electron chi connectivity index (χ2n) is 9.55. The molecule has 7 nitrogen and oxygen atoms in total. The van der Waals surface area contributed by atoms with Gasteiger partial charge >= 0.3 is 6.18 Å². The van der Waals surface area contributed by atoms with Crippen molar-refractivity contribution in [3.05, 3.63) is 77.2 Å². The Kier molecular flexibility index (Phi) is 5.00. The molecule has 6 rings (SSSR count). The minimum atomic E-state index is -4.96. The van der Waals surface area contributed by atoms with Gasteiger partial charge in [-0.3, -0.25) is 4.98 Å². The fraction of sp³-hybridized carbons (Fsp3) is 0.320. The average Bonchev–Trinajstić information content (AvgIpc) is 3.59. The number of hydrogen-bond donors (Lipinski definition) is 1. The molecule has 0 amide bonds. The molecule has 2 aliphatic rings. The minimum absolute atomic E-state index is 0.0692. The highest BCUT2D eigenvalue weighted by Crippen LogP contribution is 2.59. The maximum atomic E-state index is 14.3. The van der Waals surface area contributed by atoms with Gasteiger partial charge in [-0.25, -0.2) is 18.7 Å². The summed E-state index contributed by atoms with van der Waals surface area (Å²) in [6.07, 6.45) is 0.701. The van der Waals surface area contributed by atoms with Crippen molar-refractivity contribution in [2.24, 2.45) is 0 Å². The average molecular weight is 515 g/mol. The maximum Gasteiger partial charge on any atom is 0.422 e. The van der Waals surface area contributed by atoms with Gasteiger partial charge in [-0.05, 0) is 55.9 Å². The number of aliphatic hydroxyl groups is 1. The Labute approximate surface area is 206 Å². The van der Waals surface area contributed by atoms with Crippen LogP contribution in [0.2, 0.25) is 0 Å². The number of nitrogens with zero attached hydrogens (tertiary/aromatic N) is 5. The molecule has 1 saturated carbocycles. The first-order valence-electron chi connectivity index (χ1n) is 11.4. The number of aromatic nitrogens is 5. The molecule has 3 aromatic heterocycles. The third kappa shape index (κ3) is 3.45. The van der Waals surface area contributed by atoms with Gasteiger partial charge in [0.2, 0.25) is 11.5 Å². The van der Waals surface area contributed by atoms with E-state index in [1.807, 2.05) is 0 Å². The SMILES string of the molecule is C[C@](O)(c1coc(-c2cncc([C@]34CC[C@H](C3)c3cc(-c5c(F)cccc5F)nnc34)n2)n1)C(F)(F)F. The first kappa shape index (κ1) is 23.6. The third-order valence-corrected chi connectivity index (χ3v) is 7.35. The van der Waals surface area contributed by atoms with E-state index in [2.05, 4.69) is 25.1 Å². The Bertz CT molecular complexity index is 1520. The zero-order valence-electron chi connectivity index (χ0n) is 19.2. The van der Waals surface area contributed by atoms with Crippen molar-refractivity contribution in [2.75, 3.05) is 0 Å². The van der Waals surface area contributed by atoms with E-state index in [1.54, 1.807) is 12.3 Å². The zero-order chi connectivity index (χ0) is 26.2. The summed E-state index contributed by atoms with van der Waals surface area (Å²) in [5, 5.41) is 18.4. The van der Waals surface area contributed by atoms with Crippen LogP contribution in [0.5, 0.6) is 0 Å². The van der Waals surface area contributed by atoms with E-state index in [0.717, 1.165) is 30.4 Å². The molecule has 1 fully saturated rings. The molecule has 1 N–H and O–H groups in total. The van der Waals surface area contributed by atoms with Gasteiger partial charge in [-0.15, -0.1) is 5.10 Å². The number of benzene rings is 1. The third-order valence-electron chi connectivity index (χ3n) is 7.35. The van der Waals surface area contributed by atoms with E-state index < -0.39 is 34.5 Å². The van der Waals surface area contributed by atoms with Crippen LogP contribution in [-0.2, 0) is 11.0 Å². The Morgan fingerprint density at radius 3 is 2.54 bits per heavy atom. The lowest BCUT2D eigenvalue weighted by Crippen LogP contribution is -2.39. The summed E-state index contributed by atoms with van der Waals surface area (Å²) >= 11 is 0. The molecule has 0 saturated heterocycles. The van der Waals surface area contributed by atoms with Crippen LogP contribution in [0.25, 0.3) is 22.8 Å². The molecular weight excluding hydrogens is 497 g/mol. The molecule has 0 aliphatic heterocycles. The Balaban J connectivity index is 1.39. The molecule has 4 aromatic rings. The monoisotopic (exact) mass is 515 g/mol. The first-order valence-corrected chi connectivity index (χ1v) is 11.4. The normalized spacial score (nSPS) is 22.2. The summed E-state index contributed by atoms with van der Waals surface area (Å²) in [6.45, 7) is 0.587. The molecule has 3 atom stereocenters. The number of alkyl halides is 3. The maximum absolute atomic E-state index is 14.3. The van der Waals surface area contributed by atoms with Crippen molar-refractivity contribution < 1.29 is 31.5 Å². The quantitative estimate of drug-likeness (QED) is 0.373. The van der Waals surface area contributed by atoms with Crippen molar-refractivity contribution in [1.82, 2.24) is 25.1 Å². The summed E-state index contributed by atoms with van der Waals surface area (Å²) in [4.78, 5) is 12.6. The molecule has 0 spiro atoms. The fourth-order valence-corrected chi connectivity index (χ4v) is 5.29. The summed E-state index contributed by atoms with van der Waals surface area (Å²) in [7, 11) is 0. The molecule has 3 heterocycles. The van der Waals surface area contributed by atoms with E-state index >= 15 is 0 Å². The predicted octanol–water partition coefficient (Wildman–Crippen LogP) is 5.20. The summed E-state index contributed by atoms with van der Waals surface area (Å²) < 4.78 is 73.5. The van der Waals surface area contributed by atoms with Gasteiger partial charge in [0.1, 0.15) is 29.3 Å². The Morgan fingerprint density at radius 1 is 1.05 bits per heavy atom. The fourth-order valence-electron chi connectivity index (χ4n) is 5.29. The number of hydrogen-bond acceptors (Lipinski definition) is 7. The van der Waals surface area contributed by atoms with Crippen molar-refractivity contribution in [1.29, 1.82) is 0 Å². The molecule has 2 bridgehead atoms. The minimum Gasteiger partial charge on any atom is -0.443 e. The standard InChI is InChI=1S/C25H18F5N5O2/c1-23(36,25(28,29)30)19-11-37-22(33-19)17-9-31-10-18(32-17)24-6-5-12(8-24)13-7-16(34-35-21(13)24)20-14(26)3-2-4-15(20)27/h2-4,7,9-12,36H,5-6,8H2,1H3/t12-,23+,24+/m1/s1. The lowest BCUT2D eigenvalue weighted by molar-refractivity contribution is -0.260. The number of oxazole rings is 1. The largest absolute Gasteiger partial charge is 0.443 e. The first-order chi connectivity index (χ1) is 17.5. The van der Waals surface area contributed by atoms with E-state index in [-0.39, 0.29) is 28.8 Å². The second kappa shape index (κ2) is 7.85. The van der Waals surface area contributed by atoms with Crippen LogP contribution in [0.4, 0.5) is 22.0 Å². The molecule has 190 valence electrons. The smallest absolute Gasteiger partial charge is 0.422 e. The van der Waals surface area contributed by atoms with Gasteiger partial charge in [0.25, 0.3) is 0 Å². The number of halogens is 5. The van der Waals surface area contributed by atoms with Crippen LogP contribution in [0.3, 0.4) is 0 Å². The van der Waals surface area contributed by atoms with Crippen LogP contribution < -0.4 is 0 Å². The molecule has 0 unspecified atom stereocenters. The highest BCUT2D eigenvalue weighted by molar-refractivity contribution is 5.63. The van der Waals surface area contributed by atoms with Gasteiger partial charge < -0.3 is 9.52 Å². The van der Waals surface area contributed by atoms with Crippen LogP contribution in [0.1, 0.15) is 54.7 Å². The molecule has 37 heavy (non-hydrogen) atoms. The van der Waals surface area contributed by atoms with Gasteiger partial charge in [-0.1, -0.05) is 6.07 Å². The highest BCUT2D eigenvalue weighted by atomic mass is 19.4. The zero-order valence-corrected chi connectivity index (χ0v) is 19.2. The topological polar surface area (TPSA) is 97.8 Å². The lowest BCUT2D eigenvalue weighted by Gasteiger charge is -2.26. The van der Waals surface area contributed by atoms with Crippen LogP contribution >= 0.6 is 0 Å². The predicted molar refractivity (Wildman–Crippen MR) is 118 cm³/mol. The molecule has 12 heteroatoms. The second-order valence-corrected chi connectivity index (χ2v) is 9.55.